The van der Waals surface area contributed by atoms with Crippen LogP contribution in [-0.2, 0) is 11.0 Å². The number of thiazole rings is 1. The number of nitrogens with zero attached hydrogens (tertiary/aromatic N) is 5. The van der Waals surface area contributed by atoms with Crippen molar-refractivity contribution in [2.45, 2.75) is 58.7 Å². The van der Waals surface area contributed by atoms with Crippen molar-refractivity contribution in [2.24, 2.45) is 5.92 Å². The number of benzene rings is 2. The first kappa shape index (κ1) is 33.0. The Morgan fingerprint density at radius 2 is 1.64 bits per heavy atom. The third-order valence-corrected chi connectivity index (χ3v) is 9.21. The van der Waals surface area contributed by atoms with Gasteiger partial charge in [-0.3, -0.25) is 9.78 Å². The summed E-state index contributed by atoms with van der Waals surface area (Å²) in [5.41, 5.74) is 3.14. The topological polar surface area (TPSA) is 106 Å². The number of amides is 1. The second-order valence-corrected chi connectivity index (χ2v) is 13.1. The zero-order chi connectivity index (χ0) is 32.5. The minimum Gasteiger partial charge on any atom is -0.367 e. The Hall–Kier alpha value is -3.42. The third-order valence-electron chi connectivity index (χ3n) is 7.64. The lowest BCUT2D eigenvalue weighted by Gasteiger charge is -2.29. The zero-order valence-electron chi connectivity index (χ0n) is 24.9. The van der Waals surface area contributed by atoms with Gasteiger partial charge in [-0.2, -0.15) is 13.2 Å². The van der Waals surface area contributed by atoms with Crippen LogP contribution in [0.15, 0.2) is 40.4 Å². The average Bonchev–Trinajstić information content (AvgIpc) is 3.52. The van der Waals surface area contributed by atoms with Gasteiger partial charge in [-0.15, -0.1) is 11.3 Å². The Morgan fingerprint density at radius 1 is 0.956 bits per heavy atom. The summed E-state index contributed by atoms with van der Waals surface area (Å²) in [4.78, 5) is 33.5. The summed E-state index contributed by atoms with van der Waals surface area (Å²) in [5, 5.41) is 7.75. The van der Waals surface area contributed by atoms with E-state index in [0.717, 1.165) is 52.7 Å². The van der Waals surface area contributed by atoms with E-state index in [0.29, 0.717) is 32.6 Å². The molecule has 1 aliphatic rings. The lowest BCUT2D eigenvalue weighted by molar-refractivity contribution is -0.136. The van der Waals surface area contributed by atoms with Crippen molar-refractivity contribution in [1.82, 2.24) is 30.2 Å². The molecule has 0 atom stereocenters. The minimum absolute atomic E-state index is 0.0262. The lowest BCUT2D eigenvalue weighted by Crippen LogP contribution is -2.34. The molecule has 3 aromatic heterocycles. The van der Waals surface area contributed by atoms with E-state index in [2.05, 4.69) is 51.5 Å². The molecule has 1 fully saturated rings. The summed E-state index contributed by atoms with van der Waals surface area (Å²) in [5.74, 6) is 1.37. The standard InChI is InChI=1S/C21H22F3N5OS.C10H8BrClN2/c1-11-27-18-15(7-13(17-9-26-10-31-17)8-16(18)21(22,23)24)19(28-11)29-14-5-3-12(4-6-14)20(30)25-2;1-5-3-7(11)4-8-9(5)13-6(2)14-10(8)12/h7-10,12,14H,3-6H2,1-2H3,(H,25,30)(H,27,28,29);3-4H,1-2H3/t12-,14+;. The molecule has 0 aliphatic heterocycles. The number of hydrogen-bond acceptors (Lipinski definition) is 8. The molecule has 3 heterocycles. The first-order valence-electron chi connectivity index (χ1n) is 14.2. The zero-order valence-corrected chi connectivity index (χ0v) is 28.0. The monoisotopic (exact) mass is 719 g/mol. The Bertz CT molecular complexity index is 1820. The second kappa shape index (κ2) is 13.5. The van der Waals surface area contributed by atoms with Crippen molar-refractivity contribution in [3.05, 3.63) is 68.4 Å². The number of hydrogen-bond donors (Lipinski definition) is 2. The highest BCUT2D eigenvalue weighted by Crippen LogP contribution is 2.40. The Labute approximate surface area is 275 Å². The number of carbonyl (C=O) groups is 1. The maximum atomic E-state index is 13.9. The quantitative estimate of drug-likeness (QED) is 0.180. The third kappa shape index (κ3) is 7.53. The Morgan fingerprint density at radius 3 is 2.29 bits per heavy atom. The molecule has 0 unspecified atom stereocenters. The van der Waals surface area contributed by atoms with E-state index >= 15 is 0 Å². The fourth-order valence-corrected chi connectivity index (χ4v) is 6.95. The highest BCUT2D eigenvalue weighted by molar-refractivity contribution is 9.10. The Balaban J connectivity index is 0.000000238. The smallest absolute Gasteiger partial charge is 0.367 e. The van der Waals surface area contributed by atoms with Crippen LogP contribution in [0.5, 0.6) is 0 Å². The van der Waals surface area contributed by atoms with Gasteiger partial charge in [0, 0.05) is 40.4 Å². The number of alkyl halides is 3. The molecular formula is C31H30BrClF3N7OS. The number of rotatable bonds is 4. The largest absolute Gasteiger partial charge is 0.418 e. The summed E-state index contributed by atoms with van der Waals surface area (Å²) in [6.45, 7) is 5.44. The van der Waals surface area contributed by atoms with E-state index in [1.54, 1.807) is 31.7 Å². The highest BCUT2D eigenvalue weighted by atomic mass is 79.9. The molecule has 236 valence electrons. The number of nitrogens with one attached hydrogen (secondary N) is 2. The maximum Gasteiger partial charge on any atom is 0.418 e. The SMILES string of the molecule is CNC(=O)[C@H]1CC[C@@H](Nc2nc(C)nc3c(C(F)(F)F)cc(-c4cncs4)cc23)CC1.Cc1nc(Cl)c2cc(Br)cc(C)c2n1. The average molecular weight is 721 g/mol. The molecule has 2 N–H and O–H groups in total. The molecule has 45 heavy (non-hydrogen) atoms. The molecule has 8 nitrogen and oxygen atoms in total. The minimum atomic E-state index is -4.55. The van der Waals surface area contributed by atoms with Gasteiger partial charge in [-0.1, -0.05) is 27.5 Å². The predicted molar refractivity (Wildman–Crippen MR) is 176 cm³/mol. The van der Waals surface area contributed by atoms with Gasteiger partial charge in [0.05, 0.1) is 27.0 Å². The molecule has 1 saturated carbocycles. The van der Waals surface area contributed by atoms with Crippen LogP contribution in [0.2, 0.25) is 5.15 Å². The summed E-state index contributed by atoms with van der Waals surface area (Å²) in [7, 11) is 1.63. The normalized spacial score (nSPS) is 16.7. The van der Waals surface area contributed by atoms with Crippen molar-refractivity contribution >= 4 is 72.4 Å². The summed E-state index contributed by atoms with van der Waals surface area (Å²) < 4.78 is 42.6. The van der Waals surface area contributed by atoms with E-state index in [4.69, 9.17) is 11.6 Å². The Kier molecular flexibility index (Phi) is 9.90. The molecule has 0 spiro atoms. The van der Waals surface area contributed by atoms with Crippen LogP contribution in [0, 0.1) is 26.7 Å². The van der Waals surface area contributed by atoms with Gasteiger partial charge in [0.15, 0.2) is 0 Å². The summed E-state index contributed by atoms with van der Waals surface area (Å²) >= 11 is 10.7. The van der Waals surface area contributed by atoms with Crippen LogP contribution in [0.1, 0.15) is 48.5 Å². The van der Waals surface area contributed by atoms with Gasteiger partial charge in [0.2, 0.25) is 5.91 Å². The van der Waals surface area contributed by atoms with Crippen LogP contribution in [0.25, 0.3) is 32.2 Å². The fourth-order valence-electron chi connectivity index (χ4n) is 5.50. The van der Waals surface area contributed by atoms with Crippen LogP contribution in [0.4, 0.5) is 19.0 Å². The molecule has 0 saturated heterocycles. The first-order chi connectivity index (χ1) is 21.3. The highest BCUT2D eigenvalue weighted by Gasteiger charge is 2.35. The van der Waals surface area contributed by atoms with E-state index in [-0.39, 0.29) is 29.2 Å². The van der Waals surface area contributed by atoms with Gasteiger partial charge in [-0.25, -0.2) is 19.9 Å². The number of fused-ring (bicyclic) bond motifs is 2. The first-order valence-corrected chi connectivity index (χ1v) is 16.3. The molecule has 2 aromatic carbocycles. The number of aromatic nitrogens is 5. The summed E-state index contributed by atoms with van der Waals surface area (Å²) in [6, 6.07) is 6.80. The van der Waals surface area contributed by atoms with Gasteiger partial charge >= 0.3 is 6.18 Å². The van der Waals surface area contributed by atoms with Crippen molar-refractivity contribution in [1.29, 1.82) is 0 Å². The van der Waals surface area contributed by atoms with E-state index in [1.165, 1.54) is 11.3 Å². The molecule has 6 rings (SSSR count). The van der Waals surface area contributed by atoms with E-state index < -0.39 is 11.7 Å². The van der Waals surface area contributed by atoms with Crippen molar-refractivity contribution in [2.75, 3.05) is 12.4 Å². The van der Waals surface area contributed by atoms with Gasteiger partial charge in [0.1, 0.15) is 22.6 Å². The molecule has 0 radical (unpaired) electrons. The van der Waals surface area contributed by atoms with E-state index in [9.17, 15) is 18.0 Å². The number of carbonyl (C=O) groups excluding carboxylic acids is 1. The van der Waals surface area contributed by atoms with Crippen LogP contribution < -0.4 is 10.6 Å². The maximum absolute atomic E-state index is 13.9. The second-order valence-electron chi connectivity index (χ2n) is 10.9. The predicted octanol–water partition coefficient (Wildman–Crippen LogP) is 8.46. The molecule has 1 aliphatic carbocycles. The van der Waals surface area contributed by atoms with Crippen molar-refractivity contribution in [3.8, 4) is 10.4 Å². The molecule has 14 heteroatoms. The number of anilines is 1. The number of halogens is 5. The molecular weight excluding hydrogens is 691 g/mol. The van der Waals surface area contributed by atoms with Crippen LogP contribution in [0.3, 0.4) is 0 Å². The van der Waals surface area contributed by atoms with Gasteiger partial charge in [0.25, 0.3) is 0 Å². The van der Waals surface area contributed by atoms with Crippen molar-refractivity contribution < 1.29 is 18.0 Å². The fraction of sp³-hybridized carbons (Fsp3) is 0.355. The molecule has 5 aromatic rings. The molecule has 1 amide bonds. The van der Waals surface area contributed by atoms with Crippen molar-refractivity contribution in [3.63, 3.8) is 0 Å². The van der Waals surface area contributed by atoms with Crippen LogP contribution in [-0.4, -0.2) is 43.9 Å². The van der Waals surface area contributed by atoms with Crippen LogP contribution >= 0.6 is 38.9 Å². The number of aryl methyl sites for hydroxylation is 3. The molecule has 0 bridgehead atoms. The lowest BCUT2D eigenvalue weighted by atomic mass is 9.85. The van der Waals surface area contributed by atoms with Gasteiger partial charge < -0.3 is 10.6 Å². The van der Waals surface area contributed by atoms with Gasteiger partial charge in [-0.05, 0) is 81.8 Å². The van der Waals surface area contributed by atoms with E-state index in [1.807, 2.05) is 26.0 Å². The summed E-state index contributed by atoms with van der Waals surface area (Å²) in [6.07, 6.45) is -0.0815.